The highest BCUT2D eigenvalue weighted by atomic mass is 32.2. The molecule has 1 rings (SSSR count). The lowest BCUT2D eigenvalue weighted by Crippen LogP contribution is -2.43. The lowest BCUT2D eigenvalue weighted by Gasteiger charge is -2.40. The molecule has 0 heterocycles. The molecule has 0 saturated heterocycles. The van der Waals surface area contributed by atoms with E-state index < -0.39 is 0 Å². The molecule has 0 bridgehead atoms. The maximum Gasteiger partial charge on any atom is 0.0281 e. The molecule has 0 aromatic carbocycles. The summed E-state index contributed by atoms with van der Waals surface area (Å²) >= 11 is 2.04. The molecule has 0 spiro atoms. The minimum atomic E-state index is 0.621. The van der Waals surface area contributed by atoms with Gasteiger partial charge in [0.15, 0.2) is 0 Å². The predicted octanol–water partition coefficient (Wildman–Crippen LogP) is 1.88. The molecule has 0 atom stereocenters. The van der Waals surface area contributed by atoms with Gasteiger partial charge in [-0.2, -0.15) is 11.8 Å². The van der Waals surface area contributed by atoms with E-state index in [1.165, 1.54) is 25.8 Å². The van der Waals surface area contributed by atoms with Gasteiger partial charge in [-0.25, -0.2) is 0 Å². The van der Waals surface area contributed by atoms with Crippen LogP contribution >= 0.6 is 11.8 Å². The van der Waals surface area contributed by atoms with Crippen LogP contribution in [0.5, 0.6) is 0 Å². The average molecular weight is 159 g/mol. The van der Waals surface area contributed by atoms with Crippen molar-refractivity contribution in [2.75, 3.05) is 19.3 Å². The van der Waals surface area contributed by atoms with Crippen molar-refractivity contribution in [3.63, 3.8) is 0 Å². The van der Waals surface area contributed by atoms with E-state index in [4.69, 9.17) is 0 Å². The summed E-state index contributed by atoms with van der Waals surface area (Å²) in [7, 11) is 0. The average Bonchev–Trinajstić information content (AvgIpc) is 1.87. The van der Waals surface area contributed by atoms with Gasteiger partial charge in [0, 0.05) is 11.3 Å². The largest absolute Gasteiger partial charge is 0.316 e. The van der Waals surface area contributed by atoms with Crippen LogP contribution in [0.4, 0.5) is 0 Å². The van der Waals surface area contributed by atoms with Crippen molar-refractivity contribution in [2.45, 2.75) is 30.9 Å². The topological polar surface area (TPSA) is 12.0 Å². The van der Waals surface area contributed by atoms with Crippen LogP contribution in [-0.4, -0.2) is 24.1 Å². The fraction of sp³-hybridized carbons (Fsp3) is 1.00. The third-order valence-electron chi connectivity index (χ3n) is 2.39. The van der Waals surface area contributed by atoms with Gasteiger partial charge < -0.3 is 5.32 Å². The van der Waals surface area contributed by atoms with E-state index >= 15 is 0 Å². The SMILES string of the molecule is CCNCC1(SC)CCC1. The summed E-state index contributed by atoms with van der Waals surface area (Å²) in [6.45, 7) is 4.50. The van der Waals surface area contributed by atoms with Crippen LogP contribution in [0.25, 0.3) is 0 Å². The maximum absolute atomic E-state index is 3.42. The fourth-order valence-electron chi connectivity index (χ4n) is 1.38. The van der Waals surface area contributed by atoms with Crippen LogP contribution in [0.1, 0.15) is 26.2 Å². The van der Waals surface area contributed by atoms with Gasteiger partial charge in [0.1, 0.15) is 0 Å². The van der Waals surface area contributed by atoms with E-state index in [1.54, 1.807) is 0 Å². The highest BCUT2D eigenvalue weighted by Gasteiger charge is 2.35. The van der Waals surface area contributed by atoms with E-state index in [1.807, 2.05) is 11.8 Å². The van der Waals surface area contributed by atoms with Crippen LogP contribution in [0.3, 0.4) is 0 Å². The zero-order valence-corrected chi connectivity index (χ0v) is 7.76. The molecular formula is C8H17NS. The predicted molar refractivity (Wildman–Crippen MR) is 48.6 cm³/mol. The second-order valence-electron chi connectivity index (χ2n) is 3.02. The Labute approximate surface area is 68.0 Å². The van der Waals surface area contributed by atoms with Gasteiger partial charge in [-0.05, 0) is 25.6 Å². The van der Waals surface area contributed by atoms with E-state index in [2.05, 4.69) is 18.5 Å². The van der Waals surface area contributed by atoms with Crippen molar-refractivity contribution in [3.05, 3.63) is 0 Å². The van der Waals surface area contributed by atoms with Crippen LogP contribution < -0.4 is 5.32 Å². The lowest BCUT2D eigenvalue weighted by molar-refractivity contribution is 0.349. The van der Waals surface area contributed by atoms with Crippen molar-refractivity contribution in [2.24, 2.45) is 0 Å². The summed E-state index contributed by atoms with van der Waals surface area (Å²) in [6, 6.07) is 0. The Balaban J connectivity index is 2.20. The Hall–Kier alpha value is 0.310. The fourth-order valence-corrected chi connectivity index (χ4v) is 2.32. The Morgan fingerprint density at radius 3 is 2.50 bits per heavy atom. The third kappa shape index (κ3) is 1.67. The molecular weight excluding hydrogens is 142 g/mol. The minimum absolute atomic E-state index is 0.621. The number of hydrogen-bond donors (Lipinski definition) is 1. The van der Waals surface area contributed by atoms with Crippen molar-refractivity contribution in [3.8, 4) is 0 Å². The van der Waals surface area contributed by atoms with Crippen molar-refractivity contribution in [1.29, 1.82) is 0 Å². The third-order valence-corrected chi connectivity index (χ3v) is 3.81. The molecule has 0 aromatic rings. The van der Waals surface area contributed by atoms with E-state index in [0.717, 1.165) is 6.54 Å². The summed E-state index contributed by atoms with van der Waals surface area (Å²) < 4.78 is 0.621. The van der Waals surface area contributed by atoms with Gasteiger partial charge in [-0.1, -0.05) is 13.3 Å². The molecule has 1 fully saturated rings. The summed E-state index contributed by atoms with van der Waals surface area (Å²) in [5, 5.41) is 3.42. The molecule has 2 heteroatoms. The molecule has 0 aliphatic heterocycles. The van der Waals surface area contributed by atoms with E-state index in [-0.39, 0.29) is 0 Å². The first-order valence-electron chi connectivity index (χ1n) is 4.09. The first kappa shape index (κ1) is 8.41. The Morgan fingerprint density at radius 1 is 1.50 bits per heavy atom. The molecule has 60 valence electrons. The molecule has 1 nitrogen and oxygen atoms in total. The van der Waals surface area contributed by atoms with Crippen molar-refractivity contribution >= 4 is 11.8 Å². The zero-order chi connectivity index (χ0) is 7.45. The van der Waals surface area contributed by atoms with Crippen molar-refractivity contribution in [1.82, 2.24) is 5.32 Å². The molecule has 10 heavy (non-hydrogen) atoms. The Morgan fingerprint density at radius 2 is 2.20 bits per heavy atom. The van der Waals surface area contributed by atoms with Gasteiger partial charge >= 0.3 is 0 Å². The zero-order valence-electron chi connectivity index (χ0n) is 6.94. The molecule has 1 aliphatic carbocycles. The molecule has 1 aliphatic rings. The van der Waals surface area contributed by atoms with Crippen LogP contribution in [0.15, 0.2) is 0 Å². The summed E-state index contributed by atoms with van der Waals surface area (Å²) in [5.41, 5.74) is 0. The minimum Gasteiger partial charge on any atom is -0.316 e. The molecule has 0 radical (unpaired) electrons. The van der Waals surface area contributed by atoms with Crippen molar-refractivity contribution < 1.29 is 0 Å². The second kappa shape index (κ2) is 3.63. The number of hydrogen-bond acceptors (Lipinski definition) is 2. The molecule has 0 unspecified atom stereocenters. The normalized spacial score (nSPS) is 22.2. The highest BCUT2D eigenvalue weighted by molar-refractivity contribution is 8.00. The summed E-state index contributed by atoms with van der Waals surface area (Å²) in [4.78, 5) is 0. The molecule has 1 saturated carbocycles. The van der Waals surface area contributed by atoms with Gasteiger partial charge in [-0.3, -0.25) is 0 Å². The molecule has 0 aromatic heterocycles. The second-order valence-corrected chi connectivity index (χ2v) is 4.30. The Kier molecular flexibility index (Phi) is 3.05. The standard InChI is InChI=1S/C8H17NS/c1-3-9-7-8(10-2)5-4-6-8/h9H,3-7H2,1-2H3. The van der Waals surface area contributed by atoms with E-state index in [0.29, 0.717) is 4.75 Å². The van der Waals surface area contributed by atoms with E-state index in [9.17, 15) is 0 Å². The monoisotopic (exact) mass is 159 g/mol. The van der Waals surface area contributed by atoms with Gasteiger partial charge in [-0.15, -0.1) is 0 Å². The summed E-state index contributed by atoms with van der Waals surface area (Å²) in [5.74, 6) is 0. The van der Waals surface area contributed by atoms with Gasteiger partial charge in [0.2, 0.25) is 0 Å². The maximum atomic E-state index is 3.42. The first-order valence-corrected chi connectivity index (χ1v) is 5.31. The number of thioether (sulfide) groups is 1. The lowest BCUT2D eigenvalue weighted by atomic mass is 9.84. The summed E-state index contributed by atoms with van der Waals surface area (Å²) in [6.07, 6.45) is 6.51. The number of rotatable bonds is 4. The molecule has 0 amide bonds. The first-order chi connectivity index (χ1) is 4.83. The van der Waals surface area contributed by atoms with Crippen LogP contribution in [0, 0.1) is 0 Å². The van der Waals surface area contributed by atoms with Crippen LogP contribution in [0.2, 0.25) is 0 Å². The quantitative estimate of drug-likeness (QED) is 0.672. The van der Waals surface area contributed by atoms with Gasteiger partial charge in [0.05, 0.1) is 0 Å². The van der Waals surface area contributed by atoms with Gasteiger partial charge in [0.25, 0.3) is 0 Å². The molecule has 1 N–H and O–H groups in total. The van der Waals surface area contributed by atoms with Crippen LogP contribution in [-0.2, 0) is 0 Å². The Bertz CT molecular complexity index is 93.9. The number of nitrogens with one attached hydrogen (secondary N) is 1. The smallest absolute Gasteiger partial charge is 0.0281 e. The highest BCUT2D eigenvalue weighted by Crippen LogP contribution is 2.41.